The lowest BCUT2D eigenvalue weighted by molar-refractivity contribution is -0.140. The Morgan fingerprint density at radius 1 is 1.33 bits per heavy atom. The molecule has 3 unspecified atom stereocenters. The molecule has 0 saturated carbocycles. The summed E-state index contributed by atoms with van der Waals surface area (Å²) in [6, 6.07) is 8.15. The molecule has 1 aliphatic heterocycles. The van der Waals surface area contributed by atoms with Crippen LogP contribution >= 0.6 is 0 Å². The van der Waals surface area contributed by atoms with Gasteiger partial charge in [-0.1, -0.05) is 19.1 Å². The van der Waals surface area contributed by atoms with Gasteiger partial charge in [-0.3, -0.25) is 4.79 Å². The molecule has 21 heavy (non-hydrogen) atoms. The van der Waals surface area contributed by atoms with E-state index in [1.807, 2.05) is 36.1 Å². The number of carbonyl (C=O) groups excluding carboxylic acids is 1. The van der Waals surface area contributed by atoms with Crippen LogP contribution in [0.4, 0.5) is 0 Å². The maximum atomic E-state index is 12.3. The first-order valence-electron chi connectivity index (χ1n) is 7.88. The number of hydrogen-bond acceptors (Lipinski definition) is 3. The van der Waals surface area contributed by atoms with Crippen molar-refractivity contribution in [1.82, 2.24) is 4.90 Å². The summed E-state index contributed by atoms with van der Waals surface area (Å²) in [5, 5.41) is 0. The number of hydrogen-bond donors (Lipinski definition) is 1. The molecule has 1 fully saturated rings. The van der Waals surface area contributed by atoms with Crippen molar-refractivity contribution in [3.63, 3.8) is 0 Å². The summed E-state index contributed by atoms with van der Waals surface area (Å²) < 4.78 is 5.48. The Balaban J connectivity index is 2.29. The third kappa shape index (κ3) is 3.38. The van der Waals surface area contributed by atoms with Crippen molar-refractivity contribution in [2.45, 2.75) is 58.2 Å². The van der Waals surface area contributed by atoms with Crippen LogP contribution in [0.1, 0.15) is 51.6 Å². The highest BCUT2D eigenvalue weighted by atomic mass is 16.5. The number of likely N-dealkylation sites (tertiary alicyclic amines) is 1. The third-order valence-corrected chi connectivity index (χ3v) is 4.28. The third-order valence-electron chi connectivity index (χ3n) is 4.28. The lowest BCUT2D eigenvalue weighted by Gasteiger charge is -2.43. The number of rotatable bonds is 5. The van der Waals surface area contributed by atoms with Crippen LogP contribution in [-0.4, -0.2) is 29.5 Å². The second kappa shape index (κ2) is 6.94. The van der Waals surface area contributed by atoms with Crippen LogP contribution < -0.4 is 10.5 Å². The Kier molecular flexibility index (Phi) is 5.23. The first-order valence-corrected chi connectivity index (χ1v) is 7.88. The van der Waals surface area contributed by atoms with Gasteiger partial charge >= 0.3 is 0 Å². The van der Waals surface area contributed by atoms with Gasteiger partial charge in [0.2, 0.25) is 5.91 Å². The normalized spacial score (nSPS) is 24.0. The molecule has 1 aromatic rings. The van der Waals surface area contributed by atoms with Crippen LogP contribution in [0.5, 0.6) is 5.75 Å². The zero-order valence-electron chi connectivity index (χ0n) is 13.2. The second-order valence-corrected chi connectivity index (χ2v) is 5.71. The predicted octanol–water partition coefficient (Wildman–Crippen LogP) is 2.87. The molecule has 0 spiro atoms. The van der Waals surface area contributed by atoms with Gasteiger partial charge in [-0.2, -0.15) is 0 Å². The Morgan fingerprint density at radius 3 is 2.57 bits per heavy atom. The lowest BCUT2D eigenvalue weighted by Crippen LogP contribution is -2.52. The largest absolute Gasteiger partial charge is 0.494 e. The zero-order valence-corrected chi connectivity index (χ0v) is 13.2. The van der Waals surface area contributed by atoms with Crippen LogP contribution in [-0.2, 0) is 4.79 Å². The summed E-state index contributed by atoms with van der Waals surface area (Å²) in [5.74, 6) is 1.07. The molecule has 2 N–H and O–H groups in total. The van der Waals surface area contributed by atoms with Crippen molar-refractivity contribution < 1.29 is 9.53 Å². The molecule has 1 amide bonds. The maximum absolute atomic E-state index is 12.3. The molecule has 0 bridgehead atoms. The summed E-state index contributed by atoms with van der Waals surface area (Å²) in [4.78, 5) is 14.3. The first kappa shape index (κ1) is 15.8. The van der Waals surface area contributed by atoms with Crippen molar-refractivity contribution in [1.29, 1.82) is 0 Å². The first-order chi connectivity index (χ1) is 10.1. The van der Waals surface area contributed by atoms with E-state index < -0.39 is 0 Å². The predicted molar refractivity (Wildman–Crippen MR) is 84.2 cm³/mol. The van der Waals surface area contributed by atoms with Gasteiger partial charge in [0.15, 0.2) is 0 Å². The molecule has 1 aliphatic rings. The maximum Gasteiger partial charge on any atom is 0.223 e. The summed E-state index contributed by atoms with van der Waals surface area (Å²) in [5.41, 5.74) is 7.42. The molecule has 4 nitrogen and oxygen atoms in total. The summed E-state index contributed by atoms with van der Waals surface area (Å²) >= 11 is 0. The number of nitrogens with two attached hydrogens (primary N) is 1. The van der Waals surface area contributed by atoms with Crippen molar-refractivity contribution in [3.8, 4) is 5.75 Å². The van der Waals surface area contributed by atoms with E-state index in [0.29, 0.717) is 13.0 Å². The van der Waals surface area contributed by atoms with Gasteiger partial charge < -0.3 is 15.4 Å². The molecule has 2 rings (SSSR count). The van der Waals surface area contributed by atoms with Gasteiger partial charge in [-0.15, -0.1) is 0 Å². The van der Waals surface area contributed by atoms with Crippen molar-refractivity contribution in [3.05, 3.63) is 29.8 Å². The van der Waals surface area contributed by atoms with Gasteiger partial charge in [-0.25, -0.2) is 0 Å². The molecular formula is C17H26N2O2. The highest BCUT2D eigenvalue weighted by Gasteiger charge is 2.36. The molecule has 1 aromatic carbocycles. The van der Waals surface area contributed by atoms with E-state index in [-0.39, 0.29) is 24.0 Å². The van der Waals surface area contributed by atoms with Gasteiger partial charge in [-0.05, 0) is 44.4 Å². The number of nitrogens with zero attached hydrogens (tertiary/aromatic N) is 1. The van der Waals surface area contributed by atoms with Gasteiger partial charge in [0.05, 0.1) is 12.6 Å². The molecule has 0 aliphatic carbocycles. The molecule has 1 saturated heterocycles. The fraction of sp³-hybridized carbons (Fsp3) is 0.588. The van der Waals surface area contributed by atoms with Crippen LogP contribution in [0.3, 0.4) is 0 Å². The second-order valence-electron chi connectivity index (χ2n) is 5.71. The fourth-order valence-electron chi connectivity index (χ4n) is 2.99. The summed E-state index contributed by atoms with van der Waals surface area (Å²) in [7, 11) is 0. The number of benzene rings is 1. The Hall–Kier alpha value is -1.55. The van der Waals surface area contributed by atoms with E-state index in [2.05, 4.69) is 13.8 Å². The van der Waals surface area contributed by atoms with Crippen LogP contribution in [0.15, 0.2) is 24.3 Å². The van der Waals surface area contributed by atoms with E-state index >= 15 is 0 Å². The topological polar surface area (TPSA) is 55.6 Å². The minimum absolute atomic E-state index is 0.00496. The molecule has 116 valence electrons. The van der Waals surface area contributed by atoms with Crippen LogP contribution in [0.25, 0.3) is 0 Å². The van der Waals surface area contributed by atoms with E-state index in [1.165, 1.54) is 0 Å². The van der Waals surface area contributed by atoms with Gasteiger partial charge in [0.1, 0.15) is 5.75 Å². The number of piperidine rings is 1. The Morgan fingerprint density at radius 2 is 2.00 bits per heavy atom. The highest BCUT2D eigenvalue weighted by molar-refractivity contribution is 5.78. The lowest BCUT2D eigenvalue weighted by atomic mass is 9.89. The number of carbonyl (C=O) groups is 1. The number of ether oxygens (including phenoxy) is 1. The van der Waals surface area contributed by atoms with Gasteiger partial charge in [0, 0.05) is 18.5 Å². The summed E-state index contributed by atoms with van der Waals surface area (Å²) in [6.45, 7) is 6.82. The molecule has 1 heterocycles. The van der Waals surface area contributed by atoms with E-state index in [9.17, 15) is 4.79 Å². The standard InChI is InChI=1S/C17H26N2O2/c1-4-12(3)19-16(20)11-10-15(18)17(19)13-6-8-14(9-7-13)21-5-2/h6-9,12,15,17H,4-5,10-11,18H2,1-3H3. The van der Waals surface area contributed by atoms with Crippen molar-refractivity contribution >= 4 is 5.91 Å². The van der Waals surface area contributed by atoms with Crippen molar-refractivity contribution in [2.24, 2.45) is 5.73 Å². The Bertz CT molecular complexity index is 472. The smallest absolute Gasteiger partial charge is 0.223 e. The highest BCUT2D eigenvalue weighted by Crippen LogP contribution is 2.34. The monoisotopic (exact) mass is 290 g/mol. The van der Waals surface area contributed by atoms with E-state index in [4.69, 9.17) is 10.5 Å². The SMILES string of the molecule is CCOc1ccc(C2C(N)CCC(=O)N2C(C)CC)cc1. The molecular weight excluding hydrogens is 264 g/mol. The van der Waals surface area contributed by atoms with Gasteiger partial charge in [0.25, 0.3) is 0 Å². The van der Waals surface area contributed by atoms with Crippen molar-refractivity contribution in [2.75, 3.05) is 6.61 Å². The minimum atomic E-state index is -0.0307. The molecule has 4 heteroatoms. The van der Waals surface area contributed by atoms with Crippen LogP contribution in [0.2, 0.25) is 0 Å². The Labute approximate surface area is 127 Å². The van der Waals surface area contributed by atoms with E-state index in [0.717, 1.165) is 24.2 Å². The molecule has 0 radical (unpaired) electrons. The average molecular weight is 290 g/mol. The summed E-state index contributed by atoms with van der Waals surface area (Å²) in [6.07, 6.45) is 2.24. The quantitative estimate of drug-likeness (QED) is 0.907. The van der Waals surface area contributed by atoms with E-state index in [1.54, 1.807) is 0 Å². The number of amides is 1. The zero-order chi connectivity index (χ0) is 15.4. The molecule has 3 atom stereocenters. The molecule has 0 aromatic heterocycles. The average Bonchev–Trinajstić information content (AvgIpc) is 2.50. The fourth-order valence-corrected chi connectivity index (χ4v) is 2.99. The minimum Gasteiger partial charge on any atom is -0.494 e. The van der Waals surface area contributed by atoms with Crippen LogP contribution in [0, 0.1) is 0 Å².